The Hall–Kier alpha value is -1.82. The average Bonchev–Trinajstić information content (AvgIpc) is 2.55. The van der Waals surface area contributed by atoms with Crippen LogP contribution in [-0.2, 0) is 17.8 Å². The van der Waals surface area contributed by atoms with Crippen molar-refractivity contribution in [3.8, 4) is 5.75 Å². The smallest absolute Gasteiger partial charge is 0.396 e. The zero-order chi connectivity index (χ0) is 15.6. The van der Waals surface area contributed by atoms with Crippen molar-refractivity contribution >= 4 is 7.62 Å². The number of hydrogen-bond donors (Lipinski definition) is 1. The SMILES string of the molecule is CO[B]NCN(C)Cc1ccc(OCc2ccccc2)cc1. The standard InChI is InChI=1S/C17H22BN2O2/c1-20(14-19-18-21-2)12-15-8-10-17(11-9-15)22-13-16-6-4-3-5-7-16/h3-11,19H,12-14H2,1-2H3. The van der Waals surface area contributed by atoms with E-state index in [4.69, 9.17) is 9.39 Å². The van der Waals surface area contributed by atoms with Gasteiger partial charge in [-0.1, -0.05) is 42.5 Å². The molecule has 0 amide bonds. The Balaban J connectivity index is 1.77. The third kappa shape index (κ3) is 5.89. The fraction of sp³-hybridized carbons (Fsp3) is 0.294. The quantitative estimate of drug-likeness (QED) is 0.438. The molecule has 0 atom stereocenters. The second kappa shape index (κ2) is 9.25. The Labute approximate surface area is 133 Å². The van der Waals surface area contributed by atoms with Crippen LogP contribution in [0, 0.1) is 0 Å². The lowest BCUT2D eigenvalue weighted by molar-refractivity contribution is 0.304. The van der Waals surface area contributed by atoms with Crippen LogP contribution in [0.5, 0.6) is 5.75 Å². The van der Waals surface area contributed by atoms with Gasteiger partial charge >= 0.3 is 7.62 Å². The minimum atomic E-state index is 0.594. The monoisotopic (exact) mass is 297 g/mol. The molecule has 0 heterocycles. The summed E-state index contributed by atoms with van der Waals surface area (Å²) in [7, 11) is 5.26. The van der Waals surface area contributed by atoms with E-state index in [0.717, 1.165) is 19.0 Å². The van der Waals surface area contributed by atoms with Gasteiger partial charge in [-0.3, -0.25) is 4.90 Å². The topological polar surface area (TPSA) is 33.7 Å². The second-order valence-electron chi connectivity index (χ2n) is 5.15. The van der Waals surface area contributed by atoms with Crippen LogP contribution >= 0.6 is 0 Å². The highest BCUT2D eigenvalue weighted by molar-refractivity contribution is 6.23. The van der Waals surface area contributed by atoms with Crippen molar-refractivity contribution in [1.29, 1.82) is 0 Å². The number of ether oxygens (including phenoxy) is 1. The predicted octanol–water partition coefficient (Wildman–Crippen LogP) is 2.43. The number of hydrogen-bond acceptors (Lipinski definition) is 4. The van der Waals surface area contributed by atoms with Crippen LogP contribution in [0.1, 0.15) is 11.1 Å². The van der Waals surface area contributed by atoms with Gasteiger partial charge in [-0.15, -0.1) is 0 Å². The van der Waals surface area contributed by atoms with Gasteiger partial charge in [-0.2, -0.15) is 0 Å². The fourth-order valence-electron chi connectivity index (χ4n) is 2.08. The maximum Gasteiger partial charge on any atom is 0.396 e. The van der Waals surface area contributed by atoms with Crippen LogP contribution in [0.25, 0.3) is 0 Å². The molecular weight excluding hydrogens is 275 g/mol. The zero-order valence-electron chi connectivity index (χ0n) is 13.2. The Bertz CT molecular complexity index is 534. The van der Waals surface area contributed by atoms with Gasteiger partial charge in [0.25, 0.3) is 0 Å². The fourth-order valence-corrected chi connectivity index (χ4v) is 2.08. The number of nitrogens with one attached hydrogen (secondary N) is 1. The highest BCUT2D eigenvalue weighted by Crippen LogP contribution is 2.15. The van der Waals surface area contributed by atoms with Gasteiger partial charge in [0.2, 0.25) is 0 Å². The molecule has 1 N–H and O–H groups in total. The van der Waals surface area contributed by atoms with E-state index in [0.29, 0.717) is 6.61 Å². The third-order valence-electron chi connectivity index (χ3n) is 3.19. The summed E-state index contributed by atoms with van der Waals surface area (Å²) in [5.41, 5.74) is 2.42. The first-order valence-electron chi connectivity index (χ1n) is 7.30. The van der Waals surface area contributed by atoms with Gasteiger partial charge in [-0.05, 0) is 30.3 Å². The van der Waals surface area contributed by atoms with E-state index in [2.05, 4.69) is 41.4 Å². The van der Waals surface area contributed by atoms with Gasteiger partial charge in [-0.25, -0.2) is 0 Å². The van der Waals surface area contributed by atoms with Crippen molar-refractivity contribution in [1.82, 2.24) is 10.1 Å². The molecule has 5 heteroatoms. The van der Waals surface area contributed by atoms with E-state index in [-0.39, 0.29) is 0 Å². The van der Waals surface area contributed by atoms with E-state index < -0.39 is 0 Å². The summed E-state index contributed by atoms with van der Waals surface area (Å²) < 4.78 is 10.6. The van der Waals surface area contributed by atoms with E-state index in [1.54, 1.807) is 14.7 Å². The largest absolute Gasteiger partial charge is 0.489 e. The Kier molecular flexibility index (Phi) is 6.96. The van der Waals surface area contributed by atoms with Crippen LogP contribution in [-0.4, -0.2) is 33.3 Å². The van der Waals surface area contributed by atoms with Gasteiger partial charge in [0, 0.05) is 20.3 Å². The zero-order valence-corrected chi connectivity index (χ0v) is 13.2. The summed E-state index contributed by atoms with van der Waals surface area (Å²) in [5.74, 6) is 0.890. The van der Waals surface area contributed by atoms with Crippen LogP contribution in [0.15, 0.2) is 54.6 Å². The van der Waals surface area contributed by atoms with Gasteiger partial charge < -0.3 is 14.6 Å². The van der Waals surface area contributed by atoms with Crippen molar-refractivity contribution in [3.63, 3.8) is 0 Å². The highest BCUT2D eigenvalue weighted by Gasteiger charge is 2.01. The molecule has 1 radical (unpaired) electrons. The summed E-state index contributed by atoms with van der Waals surface area (Å²) in [4.78, 5) is 2.16. The van der Waals surface area contributed by atoms with Gasteiger partial charge in [0.1, 0.15) is 12.4 Å². The first-order valence-corrected chi connectivity index (χ1v) is 7.30. The van der Waals surface area contributed by atoms with Gasteiger partial charge in [0.05, 0.1) is 0 Å². The van der Waals surface area contributed by atoms with Crippen molar-refractivity contribution in [3.05, 3.63) is 65.7 Å². The molecule has 0 fully saturated rings. The molecule has 0 aliphatic heterocycles. The number of rotatable bonds is 9. The van der Waals surface area contributed by atoms with Crippen LogP contribution in [0.3, 0.4) is 0 Å². The molecule has 0 spiro atoms. The molecule has 4 nitrogen and oxygen atoms in total. The van der Waals surface area contributed by atoms with Crippen LogP contribution in [0.2, 0.25) is 0 Å². The summed E-state index contributed by atoms with van der Waals surface area (Å²) in [6, 6.07) is 18.4. The first kappa shape index (κ1) is 16.6. The second-order valence-corrected chi connectivity index (χ2v) is 5.15. The molecule has 0 unspecified atom stereocenters. The van der Waals surface area contributed by atoms with Crippen molar-refractivity contribution in [2.75, 3.05) is 20.8 Å². The van der Waals surface area contributed by atoms with Gasteiger partial charge in [0.15, 0.2) is 0 Å². The maximum absolute atomic E-state index is 5.78. The van der Waals surface area contributed by atoms with Crippen LogP contribution < -0.4 is 9.96 Å². The Morgan fingerprint density at radius 3 is 2.41 bits per heavy atom. The van der Waals surface area contributed by atoms with Crippen LogP contribution in [0.4, 0.5) is 0 Å². The molecule has 115 valence electrons. The van der Waals surface area contributed by atoms with E-state index in [9.17, 15) is 0 Å². The van der Waals surface area contributed by atoms with Crippen molar-refractivity contribution in [2.45, 2.75) is 13.2 Å². The molecule has 2 aromatic carbocycles. The third-order valence-corrected chi connectivity index (χ3v) is 3.19. The molecular formula is C17H22BN2O2. The molecule has 2 aromatic rings. The lowest BCUT2D eigenvalue weighted by atomic mass is 10.2. The molecule has 22 heavy (non-hydrogen) atoms. The molecule has 0 aliphatic rings. The maximum atomic E-state index is 5.78. The summed E-state index contributed by atoms with van der Waals surface area (Å²) >= 11 is 0. The average molecular weight is 297 g/mol. The molecule has 0 aromatic heterocycles. The molecule has 0 saturated heterocycles. The number of nitrogens with zero attached hydrogens (tertiary/aromatic N) is 1. The molecule has 2 rings (SSSR count). The number of benzene rings is 2. The lowest BCUT2D eigenvalue weighted by Crippen LogP contribution is -2.33. The lowest BCUT2D eigenvalue weighted by Gasteiger charge is -2.17. The predicted molar refractivity (Wildman–Crippen MR) is 89.4 cm³/mol. The Morgan fingerprint density at radius 1 is 1.00 bits per heavy atom. The normalized spacial score (nSPS) is 10.7. The molecule has 0 saturated carbocycles. The minimum absolute atomic E-state index is 0.594. The van der Waals surface area contributed by atoms with Crippen molar-refractivity contribution in [2.24, 2.45) is 0 Å². The van der Waals surface area contributed by atoms with E-state index in [1.807, 2.05) is 30.3 Å². The van der Waals surface area contributed by atoms with Crippen molar-refractivity contribution < 1.29 is 9.39 Å². The Morgan fingerprint density at radius 2 is 1.73 bits per heavy atom. The highest BCUT2D eigenvalue weighted by atomic mass is 16.5. The molecule has 0 aliphatic carbocycles. The summed E-state index contributed by atoms with van der Waals surface area (Å²) in [5, 5.41) is 3.06. The minimum Gasteiger partial charge on any atom is -0.489 e. The van der Waals surface area contributed by atoms with E-state index >= 15 is 0 Å². The van der Waals surface area contributed by atoms with E-state index in [1.165, 1.54) is 11.1 Å². The summed E-state index contributed by atoms with van der Waals surface area (Å²) in [6.07, 6.45) is 0. The molecule has 0 bridgehead atoms. The first-order chi connectivity index (χ1) is 10.8. The summed E-state index contributed by atoms with van der Waals surface area (Å²) in [6.45, 7) is 2.19.